The molecule has 0 fully saturated rings. The van der Waals surface area contributed by atoms with Crippen LogP contribution in [0.25, 0.3) is 0 Å². The molecule has 2 rings (SSSR count). The predicted octanol–water partition coefficient (Wildman–Crippen LogP) is 3.78. The lowest BCUT2D eigenvalue weighted by molar-refractivity contribution is -0.384. The summed E-state index contributed by atoms with van der Waals surface area (Å²) in [6.45, 7) is 6.07. The number of aromatic nitrogens is 1. The van der Waals surface area contributed by atoms with Crippen molar-refractivity contribution in [2.45, 2.75) is 26.8 Å². The van der Waals surface area contributed by atoms with Crippen molar-refractivity contribution in [2.24, 2.45) is 0 Å². The van der Waals surface area contributed by atoms with E-state index in [1.54, 1.807) is 12.3 Å². The van der Waals surface area contributed by atoms with Crippen molar-refractivity contribution >= 4 is 11.5 Å². The van der Waals surface area contributed by atoms with E-state index in [2.05, 4.69) is 30.2 Å². The van der Waals surface area contributed by atoms with Crippen molar-refractivity contribution in [1.82, 2.24) is 4.98 Å². The normalized spacial score (nSPS) is 11.9. The molecule has 104 valence electrons. The summed E-state index contributed by atoms with van der Waals surface area (Å²) in [5, 5.41) is 14.1. The van der Waals surface area contributed by atoms with Crippen LogP contribution in [0.2, 0.25) is 0 Å². The van der Waals surface area contributed by atoms with Crippen LogP contribution in [0.1, 0.15) is 29.7 Å². The molecule has 2 aromatic rings. The smallest absolute Gasteiger partial charge is 0.311 e. The lowest BCUT2D eigenvalue weighted by atomic mass is 9.98. The molecule has 1 aromatic heterocycles. The van der Waals surface area contributed by atoms with E-state index >= 15 is 0 Å². The maximum atomic E-state index is 11.0. The molecule has 5 heteroatoms. The van der Waals surface area contributed by atoms with Gasteiger partial charge in [-0.2, -0.15) is 0 Å². The zero-order valence-corrected chi connectivity index (χ0v) is 11.8. The molecule has 20 heavy (non-hydrogen) atoms. The Morgan fingerprint density at radius 1 is 1.25 bits per heavy atom. The van der Waals surface area contributed by atoms with Crippen molar-refractivity contribution in [2.75, 3.05) is 5.32 Å². The highest BCUT2D eigenvalue weighted by Gasteiger charge is 2.17. The van der Waals surface area contributed by atoms with Crippen LogP contribution in [-0.2, 0) is 0 Å². The number of pyridine rings is 1. The number of hydrogen-bond donors (Lipinski definition) is 1. The molecule has 0 aliphatic heterocycles. The molecular formula is C15H17N3O2. The van der Waals surface area contributed by atoms with Crippen LogP contribution in [0.5, 0.6) is 0 Å². The molecule has 1 N–H and O–H groups in total. The summed E-state index contributed by atoms with van der Waals surface area (Å²) in [5.41, 5.74) is 3.49. The lowest BCUT2D eigenvalue weighted by Gasteiger charge is -2.18. The average molecular weight is 271 g/mol. The van der Waals surface area contributed by atoms with Crippen LogP contribution in [0.3, 0.4) is 0 Å². The van der Waals surface area contributed by atoms with E-state index in [4.69, 9.17) is 0 Å². The fourth-order valence-electron chi connectivity index (χ4n) is 2.18. The van der Waals surface area contributed by atoms with Gasteiger partial charge in [-0.15, -0.1) is 0 Å². The van der Waals surface area contributed by atoms with Gasteiger partial charge in [0.15, 0.2) is 0 Å². The summed E-state index contributed by atoms with van der Waals surface area (Å²) in [6.07, 6.45) is 1.55. The van der Waals surface area contributed by atoms with Crippen LogP contribution in [0.15, 0.2) is 36.5 Å². The predicted molar refractivity (Wildman–Crippen MR) is 78.8 cm³/mol. The Morgan fingerprint density at radius 2 is 2.00 bits per heavy atom. The zero-order chi connectivity index (χ0) is 14.7. The van der Waals surface area contributed by atoms with E-state index in [0.29, 0.717) is 5.82 Å². The van der Waals surface area contributed by atoms with Crippen molar-refractivity contribution in [3.63, 3.8) is 0 Å². The second-order valence-corrected chi connectivity index (χ2v) is 4.78. The first-order valence-corrected chi connectivity index (χ1v) is 6.42. The highest BCUT2D eigenvalue weighted by Crippen LogP contribution is 2.27. The van der Waals surface area contributed by atoms with Gasteiger partial charge in [0.25, 0.3) is 0 Å². The monoisotopic (exact) mass is 271 g/mol. The molecule has 0 spiro atoms. The Labute approximate surface area is 117 Å². The molecule has 0 saturated heterocycles. The van der Waals surface area contributed by atoms with Gasteiger partial charge >= 0.3 is 5.69 Å². The molecule has 0 bridgehead atoms. The van der Waals surface area contributed by atoms with Gasteiger partial charge < -0.3 is 5.32 Å². The minimum atomic E-state index is -0.425. The molecule has 0 saturated carbocycles. The number of rotatable bonds is 4. The molecule has 5 nitrogen and oxygen atoms in total. The van der Waals surface area contributed by atoms with Crippen molar-refractivity contribution in [3.05, 3.63) is 63.3 Å². The van der Waals surface area contributed by atoms with Crippen LogP contribution in [-0.4, -0.2) is 9.91 Å². The summed E-state index contributed by atoms with van der Waals surface area (Å²) in [4.78, 5) is 14.6. The van der Waals surface area contributed by atoms with Gasteiger partial charge in [0.1, 0.15) is 0 Å². The summed E-state index contributed by atoms with van der Waals surface area (Å²) in [6, 6.07) is 9.02. The van der Waals surface area contributed by atoms with Gasteiger partial charge in [0.05, 0.1) is 11.0 Å². The van der Waals surface area contributed by atoms with E-state index in [1.807, 2.05) is 19.1 Å². The average Bonchev–Trinajstić information content (AvgIpc) is 2.42. The maximum Gasteiger partial charge on any atom is 0.311 e. The first-order chi connectivity index (χ1) is 9.50. The first kappa shape index (κ1) is 14.0. The molecular weight excluding hydrogens is 254 g/mol. The Kier molecular flexibility index (Phi) is 3.98. The fourth-order valence-corrected chi connectivity index (χ4v) is 2.18. The van der Waals surface area contributed by atoms with Crippen LogP contribution in [0, 0.1) is 24.0 Å². The number of nitro groups is 1. The van der Waals surface area contributed by atoms with E-state index < -0.39 is 4.92 Å². The van der Waals surface area contributed by atoms with E-state index in [1.165, 1.54) is 17.2 Å². The molecule has 0 aliphatic rings. The number of nitrogens with zero attached hydrogens (tertiary/aromatic N) is 2. The molecule has 1 unspecified atom stereocenters. The minimum absolute atomic E-state index is 0.00958. The van der Waals surface area contributed by atoms with Crippen molar-refractivity contribution < 1.29 is 4.92 Å². The lowest BCUT2D eigenvalue weighted by Crippen LogP contribution is -2.11. The SMILES string of the molecule is Cc1cccc(C(C)Nc2ncccc2[N+](=O)[O-])c1C. The second kappa shape index (κ2) is 5.69. The van der Waals surface area contributed by atoms with Gasteiger partial charge in [-0.25, -0.2) is 4.98 Å². The van der Waals surface area contributed by atoms with E-state index in [-0.39, 0.29) is 11.7 Å². The van der Waals surface area contributed by atoms with Crippen LogP contribution in [0.4, 0.5) is 11.5 Å². The number of aryl methyl sites for hydroxylation is 1. The summed E-state index contributed by atoms with van der Waals surface area (Å²) >= 11 is 0. The number of hydrogen-bond acceptors (Lipinski definition) is 4. The molecule has 1 atom stereocenters. The number of nitrogens with one attached hydrogen (secondary N) is 1. The van der Waals surface area contributed by atoms with Crippen LogP contribution >= 0.6 is 0 Å². The molecule has 1 heterocycles. The summed E-state index contributed by atoms with van der Waals surface area (Å²) in [5.74, 6) is 0.297. The van der Waals surface area contributed by atoms with Gasteiger partial charge in [-0.1, -0.05) is 18.2 Å². The van der Waals surface area contributed by atoms with Crippen molar-refractivity contribution in [3.8, 4) is 0 Å². The highest BCUT2D eigenvalue weighted by atomic mass is 16.6. The molecule has 0 amide bonds. The topological polar surface area (TPSA) is 68.1 Å². The maximum absolute atomic E-state index is 11.0. The summed E-state index contributed by atoms with van der Waals surface area (Å²) in [7, 11) is 0. The van der Waals surface area contributed by atoms with Gasteiger partial charge in [0.2, 0.25) is 5.82 Å². The van der Waals surface area contributed by atoms with Gasteiger partial charge in [-0.05, 0) is 43.5 Å². The van der Waals surface area contributed by atoms with E-state index in [0.717, 1.165) is 5.56 Å². The summed E-state index contributed by atoms with van der Waals surface area (Å²) < 4.78 is 0. The van der Waals surface area contributed by atoms with E-state index in [9.17, 15) is 10.1 Å². The largest absolute Gasteiger partial charge is 0.358 e. The fraction of sp³-hybridized carbons (Fsp3) is 0.267. The Morgan fingerprint density at radius 3 is 2.70 bits per heavy atom. The standard InChI is InChI=1S/C15H17N3O2/c1-10-6-4-7-13(11(10)2)12(3)17-15-14(18(19)20)8-5-9-16-15/h4-9,12H,1-3H3,(H,16,17). The molecule has 0 radical (unpaired) electrons. The third kappa shape index (κ3) is 2.77. The Bertz CT molecular complexity index is 641. The third-order valence-corrected chi connectivity index (χ3v) is 3.45. The minimum Gasteiger partial charge on any atom is -0.358 e. The number of anilines is 1. The molecule has 1 aromatic carbocycles. The van der Waals surface area contributed by atoms with Crippen LogP contribution < -0.4 is 5.32 Å². The van der Waals surface area contributed by atoms with Crippen molar-refractivity contribution in [1.29, 1.82) is 0 Å². The third-order valence-electron chi connectivity index (χ3n) is 3.45. The van der Waals surface area contributed by atoms with Gasteiger partial charge in [0, 0.05) is 12.3 Å². The highest BCUT2D eigenvalue weighted by molar-refractivity contribution is 5.56. The Hall–Kier alpha value is -2.43. The second-order valence-electron chi connectivity index (χ2n) is 4.78. The number of benzene rings is 1. The zero-order valence-electron chi connectivity index (χ0n) is 11.8. The quantitative estimate of drug-likeness (QED) is 0.678. The molecule has 0 aliphatic carbocycles. The Balaban J connectivity index is 2.30. The van der Waals surface area contributed by atoms with Gasteiger partial charge in [-0.3, -0.25) is 10.1 Å². The first-order valence-electron chi connectivity index (χ1n) is 6.42.